The first kappa shape index (κ1) is 13.8. The van der Waals surface area contributed by atoms with Gasteiger partial charge in [-0.3, -0.25) is 4.79 Å². The van der Waals surface area contributed by atoms with E-state index in [4.69, 9.17) is 5.11 Å². The first-order valence-corrected chi connectivity index (χ1v) is 7.42. The SMILES string of the molecule is Cc1ccccc1CNc1nnc(SCC(=O)O)s1. The fourth-order valence-electron chi connectivity index (χ4n) is 1.44. The molecular formula is C12H13N3O2S2. The summed E-state index contributed by atoms with van der Waals surface area (Å²) in [5.74, 6) is -0.846. The number of thioether (sulfide) groups is 1. The number of carboxylic acids is 1. The van der Waals surface area contributed by atoms with Crippen molar-refractivity contribution >= 4 is 34.2 Å². The van der Waals surface area contributed by atoms with Gasteiger partial charge in [0.2, 0.25) is 5.13 Å². The van der Waals surface area contributed by atoms with Crippen molar-refractivity contribution in [2.75, 3.05) is 11.1 Å². The minimum atomic E-state index is -0.852. The molecular weight excluding hydrogens is 282 g/mol. The molecule has 0 spiro atoms. The molecule has 100 valence electrons. The maximum Gasteiger partial charge on any atom is 0.313 e. The minimum absolute atomic E-state index is 0.00638. The number of hydrogen-bond acceptors (Lipinski definition) is 6. The first-order valence-electron chi connectivity index (χ1n) is 5.61. The van der Waals surface area contributed by atoms with Gasteiger partial charge in [0.1, 0.15) is 0 Å². The van der Waals surface area contributed by atoms with Crippen LogP contribution in [0.25, 0.3) is 0 Å². The number of aromatic nitrogens is 2. The quantitative estimate of drug-likeness (QED) is 0.798. The molecule has 0 atom stereocenters. The van der Waals surface area contributed by atoms with Crippen molar-refractivity contribution in [1.82, 2.24) is 10.2 Å². The summed E-state index contributed by atoms with van der Waals surface area (Å²) in [4.78, 5) is 10.4. The Bertz CT molecular complexity index is 572. The summed E-state index contributed by atoms with van der Waals surface area (Å²) in [6.45, 7) is 2.75. The van der Waals surface area contributed by atoms with Gasteiger partial charge in [-0.05, 0) is 18.1 Å². The number of carboxylic acid groups (broad SMARTS) is 1. The van der Waals surface area contributed by atoms with E-state index in [1.54, 1.807) is 0 Å². The molecule has 0 bridgehead atoms. The van der Waals surface area contributed by atoms with Gasteiger partial charge < -0.3 is 10.4 Å². The largest absolute Gasteiger partial charge is 0.481 e. The van der Waals surface area contributed by atoms with Crippen molar-refractivity contribution in [3.05, 3.63) is 35.4 Å². The Morgan fingerprint density at radius 3 is 2.95 bits per heavy atom. The lowest BCUT2D eigenvalue weighted by Crippen LogP contribution is -2.00. The number of hydrogen-bond donors (Lipinski definition) is 2. The van der Waals surface area contributed by atoms with E-state index in [2.05, 4.69) is 34.6 Å². The van der Waals surface area contributed by atoms with E-state index in [0.29, 0.717) is 16.0 Å². The molecule has 19 heavy (non-hydrogen) atoms. The number of carbonyl (C=O) groups is 1. The van der Waals surface area contributed by atoms with E-state index in [0.717, 1.165) is 0 Å². The molecule has 7 heteroatoms. The Kier molecular flexibility index (Phi) is 4.75. The van der Waals surface area contributed by atoms with Crippen LogP contribution in [0.3, 0.4) is 0 Å². The lowest BCUT2D eigenvalue weighted by Gasteiger charge is -2.05. The molecule has 0 fully saturated rings. The van der Waals surface area contributed by atoms with Crippen molar-refractivity contribution in [3.63, 3.8) is 0 Å². The third-order valence-electron chi connectivity index (χ3n) is 2.42. The Hall–Kier alpha value is -1.60. The van der Waals surface area contributed by atoms with Crippen LogP contribution in [-0.2, 0) is 11.3 Å². The lowest BCUT2D eigenvalue weighted by molar-refractivity contribution is -0.133. The Morgan fingerprint density at radius 2 is 2.21 bits per heavy atom. The highest BCUT2D eigenvalue weighted by atomic mass is 32.2. The summed E-state index contributed by atoms with van der Waals surface area (Å²) in [5.41, 5.74) is 2.43. The van der Waals surface area contributed by atoms with Crippen LogP contribution < -0.4 is 5.32 Å². The Labute approximate surface area is 119 Å². The van der Waals surface area contributed by atoms with E-state index in [9.17, 15) is 4.79 Å². The smallest absolute Gasteiger partial charge is 0.313 e. The minimum Gasteiger partial charge on any atom is -0.481 e. The highest BCUT2D eigenvalue weighted by Gasteiger charge is 2.07. The van der Waals surface area contributed by atoms with Gasteiger partial charge in [0.25, 0.3) is 0 Å². The zero-order valence-corrected chi connectivity index (χ0v) is 11.9. The van der Waals surface area contributed by atoms with Gasteiger partial charge in [-0.15, -0.1) is 10.2 Å². The van der Waals surface area contributed by atoms with Crippen molar-refractivity contribution in [2.24, 2.45) is 0 Å². The van der Waals surface area contributed by atoms with E-state index in [1.165, 1.54) is 34.2 Å². The molecule has 0 unspecified atom stereocenters. The number of aliphatic carboxylic acids is 1. The number of aryl methyl sites for hydroxylation is 1. The van der Waals surface area contributed by atoms with Crippen LogP contribution in [0.5, 0.6) is 0 Å². The standard InChI is InChI=1S/C12H13N3O2S2/c1-8-4-2-3-5-9(8)6-13-11-14-15-12(19-11)18-7-10(16)17/h2-5H,6-7H2,1H3,(H,13,14)(H,16,17). The molecule has 2 aromatic rings. The third kappa shape index (κ3) is 4.22. The van der Waals surface area contributed by atoms with Crippen LogP contribution in [0.4, 0.5) is 5.13 Å². The molecule has 0 saturated heterocycles. The summed E-state index contributed by atoms with van der Waals surface area (Å²) in [7, 11) is 0. The van der Waals surface area contributed by atoms with Crippen molar-refractivity contribution in [1.29, 1.82) is 0 Å². The molecule has 0 radical (unpaired) electrons. The fraction of sp³-hybridized carbons (Fsp3) is 0.250. The van der Waals surface area contributed by atoms with Crippen molar-refractivity contribution in [2.45, 2.75) is 17.8 Å². The van der Waals surface area contributed by atoms with Gasteiger partial charge in [-0.1, -0.05) is 47.4 Å². The molecule has 0 aliphatic rings. The van der Waals surface area contributed by atoms with Gasteiger partial charge in [-0.2, -0.15) is 0 Å². The lowest BCUT2D eigenvalue weighted by atomic mass is 10.1. The number of nitrogens with one attached hydrogen (secondary N) is 1. The highest BCUT2D eigenvalue weighted by molar-refractivity contribution is 8.01. The van der Waals surface area contributed by atoms with Gasteiger partial charge >= 0.3 is 5.97 Å². The number of benzene rings is 1. The molecule has 0 aliphatic heterocycles. The second-order valence-corrected chi connectivity index (χ2v) is 6.04. The van der Waals surface area contributed by atoms with E-state index in [1.807, 2.05) is 12.1 Å². The summed E-state index contributed by atoms with van der Waals surface area (Å²) < 4.78 is 0.662. The summed E-state index contributed by atoms with van der Waals surface area (Å²) in [6, 6.07) is 8.12. The summed E-state index contributed by atoms with van der Waals surface area (Å²) in [6.07, 6.45) is 0. The summed E-state index contributed by atoms with van der Waals surface area (Å²) in [5, 5.41) is 20.4. The van der Waals surface area contributed by atoms with Crippen LogP contribution in [0.2, 0.25) is 0 Å². The van der Waals surface area contributed by atoms with Gasteiger partial charge in [0, 0.05) is 6.54 Å². The van der Waals surface area contributed by atoms with Crippen molar-refractivity contribution in [3.8, 4) is 0 Å². The van der Waals surface area contributed by atoms with Crippen LogP contribution in [0, 0.1) is 6.92 Å². The Balaban J connectivity index is 1.90. The zero-order valence-electron chi connectivity index (χ0n) is 10.3. The molecule has 0 aliphatic carbocycles. The van der Waals surface area contributed by atoms with E-state index < -0.39 is 5.97 Å². The normalized spacial score (nSPS) is 10.4. The van der Waals surface area contributed by atoms with E-state index in [-0.39, 0.29) is 5.75 Å². The molecule has 1 aromatic carbocycles. The number of rotatable bonds is 6. The average molecular weight is 295 g/mol. The second-order valence-electron chi connectivity index (χ2n) is 3.84. The molecule has 0 saturated carbocycles. The van der Waals surface area contributed by atoms with Crippen LogP contribution >= 0.6 is 23.1 Å². The summed E-state index contributed by atoms with van der Waals surface area (Å²) >= 11 is 2.55. The Morgan fingerprint density at radius 1 is 1.42 bits per heavy atom. The number of nitrogens with zero attached hydrogens (tertiary/aromatic N) is 2. The zero-order chi connectivity index (χ0) is 13.7. The topological polar surface area (TPSA) is 75.1 Å². The monoisotopic (exact) mass is 295 g/mol. The molecule has 0 amide bonds. The second kappa shape index (κ2) is 6.53. The van der Waals surface area contributed by atoms with Crippen molar-refractivity contribution < 1.29 is 9.90 Å². The predicted octanol–water partition coefficient (Wildman–Crippen LogP) is 2.64. The number of anilines is 1. The van der Waals surface area contributed by atoms with Gasteiger partial charge in [0.05, 0.1) is 5.75 Å². The molecule has 2 rings (SSSR count). The van der Waals surface area contributed by atoms with E-state index >= 15 is 0 Å². The average Bonchev–Trinajstić information content (AvgIpc) is 2.83. The van der Waals surface area contributed by atoms with Gasteiger partial charge in [-0.25, -0.2) is 0 Å². The van der Waals surface area contributed by atoms with Crippen LogP contribution in [0.1, 0.15) is 11.1 Å². The molecule has 5 nitrogen and oxygen atoms in total. The highest BCUT2D eigenvalue weighted by Crippen LogP contribution is 2.25. The first-order chi connectivity index (χ1) is 9.15. The fourth-order valence-corrected chi connectivity index (χ4v) is 2.91. The maximum absolute atomic E-state index is 10.4. The van der Waals surface area contributed by atoms with Crippen LogP contribution in [-0.4, -0.2) is 27.0 Å². The molecule has 1 aromatic heterocycles. The van der Waals surface area contributed by atoms with Crippen LogP contribution in [0.15, 0.2) is 28.6 Å². The third-order valence-corrected chi connectivity index (χ3v) is 4.42. The van der Waals surface area contributed by atoms with Gasteiger partial charge in [0.15, 0.2) is 4.34 Å². The molecule has 1 heterocycles. The molecule has 2 N–H and O–H groups in total. The predicted molar refractivity (Wildman–Crippen MR) is 76.8 cm³/mol. The maximum atomic E-state index is 10.4.